The highest BCUT2D eigenvalue weighted by atomic mass is 16.2. The number of carbonyl (C=O) groups is 2. The van der Waals surface area contributed by atoms with Gasteiger partial charge in [-0.1, -0.05) is 89.0 Å². The Bertz CT molecular complexity index is 8070. The molecule has 0 aromatic heterocycles. The van der Waals surface area contributed by atoms with Crippen LogP contribution in [0.5, 0.6) is 0 Å². The van der Waals surface area contributed by atoms with Crippen LogP contribution in [0, 0.1) is 0 Å². The van der Waals surface area contributed by atoms with Gasteiger partial charge in [0.25, 0.3) is 5.91 Å². The van der Waals surface area contributed by atoms with Crippen LogP contribution in [0.25, 0.3) is 291 Å². The number of unbranched alkanes of at least 4 members (excludes halogenated alkanes) is 3. The van der Waals surface area contributed by atoms with Crippen LogP contribution in [0.15, 0.2) is 29.3 Å². The van der Waals surface area contributed by atoms with Gasteiger partial charge in [0.1, 0.15) is 6.04 Å². The van der Waals surface area contributed by atoms with Crippen LogP contribution in [0.1, 0.15) is 130 Å². The molecule has 29 aromatic rings. The molecule has 0 bridgehead atoms. The number of urea groups is 1. The third-order valence-electron chi connectivity index (χ3n) is 31.5. The summed E-state index contributed by atoms with van der Waals surface area (Å²) < 4.78 is 0. The summed E-state index contributed by atoms with van der Waals surface area (Å²) in [4.78, 5) is 43.4. The predicted molar refractivity (Wildman–Crippen MR) is 388 cm³/mol. The minimum Gasteiger partial charge on any atom is -0.335 e. The molecule has 1 aliphatic heterocycles. The molecule has 1 atom stereocenters. The summed E-state index contributed by atoms with van der Waals surface area (Å²) in [7, 11) is 0. The van der Waals surface area contributed by atoms with Gasteiger partial charge in [-0.25, -0.2) is 4.79 Å². The minimum atomic E-state index is -1.01. The maximum absolute atomic E-state index is 18.4. The van der Waals surface area contributed by atoms with Gasteiger partial charge >= 0.3 is 6.03 Å². The number of amides is 3. The fourth-order valence-electron chi connectivity index (χ4n) is 30.1. The lowest BCUT2D eigenvalue weighted by Gasteiger charge is -2.52. The molecule has 36 rings (SSSR count). The summed E-state index contributed by atoms with van der Waals surface area (Å²) in [5.41, 5.74) is 7.58. The average Bonchev–Trinajstić information content (AvgIpc) is 1.38. The van der Waals surface area contributed by atoms with E-state index >= 15 is 9.59 Å². The van der Waals surface area contributed by atoms with E-state index in [1.54, 1.807) is 172 Å². The van der Waals surface area contributed by atoms with Crippen molar-refractivity contribution in [2.45, 2.75) is 132 Å². The van der Waals surface area contributed by atoms with Gasteiger partial charge < -0.3 is 5.32 Å². The Kier molecular flexibility index (Phi) is 4.77. The topological polar surface area (TPSA) is 61.8 Å². The zero-order valence-corrected chi connectivity index (χ0v) is 50.4. The highest BCUT2D eigenvalue weighted by molar-refractivity contribution is 6.82. The molecule has 0 radical (unpaired) electrons. The Morgan fingerprint density at radius 1 is 0.376 bits per heavy atom. The van der Waals surface area contributed by atoms with Crippen LogP contribution in [0.3, 0.4) is 0 Å². The molecule has 29 aromatic carbocycles. The van der Waals surface area contributed by atoms with Gasteiger partial charge in [-0.15, -0.1) is 0 Å². The van der Waals surface area contributed by atoms with E-state index in [0.717, 1.165) is 75.5 Å². The zero-order valence-electron chi connectivity index (χ0n) is 50.4. The molecular weight excluding hydrogens is 1130 g/mol. The van der Waals surface area contributed by atoms with Crippen molar-refractivity contribution >= 4 is 309 Å². The fraction of sp³-hybridized carbons (Fsp3) is 0.239. The van der Waals surface area contributed by atoms with Gasteiger partial charge in [0.05, 0.1) is 16.5 Å². The number of hydrogen-bond acceptors (Lipinski definition) is 3. The fourth-order valence-corrected chi connectivity index (χ4v) is 30.1. The SMILES string of the molecule is CCCCCCc1ccc(C2=NC(C(=O)N(C(=O)NC3CCCCC3)C3CCCCC3)C34c5c6c7c8c9c%10c(c%11c%12c3c3c5c5c%13c6c6c7c7c9c9c%14c%10c%10c%11c%11c%12c%12c3c3c5c5c%13c%13c6c6c7c9c7c9c%14c%10c%10c%11c%11c%12c3c3c5c5c%13c6c7c6c9c%10c%11c3c56)C284)cc1. The number of nitrogens with one attached hydrogen (secondary N) is 1. The van der Waals surface area contributed by atoms with E-state index in [4.69, 9.17) is 4.99 Å². The second-order valence-electron chi connectivity index (χ2n) is 33.5. The predicted octanol–water partition coefficient (Wildman–Crippen LogP) is 22.5. The monoisotopic (exact) mass is 1170 g/mol. The summed E-state index contributed by atoms with van der Waals surface area (Å²) in [6.07, 6.45) is 16.2. The Morgan fingerprint density at radius 3 is 1.00 bits per heavy atom. The molecule has 5 heteroatoms. The van der Waals surface area contributed by atoms with Crippen molar-refractivity contribution in [1.82, 2.24) is 10.2 Å². The molecule has 420 valence electrons. The molecular formula is C88H41N3O2. The van der Waals surface area contributed by atoms with Crippen molar-refractivity contribution in [1.29, 1.82) is 0 Å². The molecule has 7 aliphatic rings. The summed E-state index contributed by atoms with van der Waals surface area (Å²) in [6, 6.07) is 8.69. The molecule has 2 saturated carbocycles. The van der Waals surface area contributed by atoms with E-state index in [9.17, 15) is 0 Å². The van der Waals surface area contributed by atoms with Crippen LogP contribution < -0.4 is 5.32 Å². The molecule has 3 amide bonds. The van der Waals surface area contributed by atoms with E-state index in [1.165, 1.54) is 178 Å². The van der Waals surface area contributed by atoms with Crippen LogP contribution in [0.4, 0.5) is 4.79 Å². The normalized spacial score (nSPS) is 22.9. The summed E-state index contributed by atoms with van der Waals surface area (Å²) in [5.74, 6) is -0.0466. The molecule has 0 saturated heterocycles. The van der Waals surface area contributed by atoms with Crippen molar-refractivity contribution < 1.29 is 9.59 Å². The van der Waals surface area contributed by atoms with E-state index in [-0.39, 0.29) is 24.0 Å². The van der Waals surface area contributed by atoms with Gasteiger partial charge in [0.2, 0.25) is 0 Å². The quantitative estimate of drug-likeness (QED) is 0.116. The molecule has 1 unspecified atom stereocenters. The largest absolute Gasteiger partial charge is 0.335 e. The maximum atomic E-state index is 18.4. The number of hydrogen-bond donors (Lipinski definition) is 1. The Labute approximate surface area is 520 Å². The Hall–Kier alpha value is -9.71. The number of aliphatic imine (C=N–C) groups is 1. The van der Waals surface area contributed by atoms with Crippen LogP contribution >= 0.6 is 0 Å². The van der Waals surface area contributed by atoms with Gasteiger partial charge in [0, 0.05) is 12.1 Å². The van der Waals surface area contributed by atoms with Gasteiger partial charge in [-0.3, -0.25) is 14.7 Å². The lowest BCUT2D eigenvalue weighted by atomic mass is 9.45. The van der Waals surface area contributed by atoms with Crippen molar-refractivity contribution in [2.75, 3.05) is 0 Å². The average molecular weight is 1170 g/mol. The van der Waals surface area contributed by atoms with E-state index in [1.807, 2.05) is 4.90 Å². The third-order valence-corrected chi connectivity index (χ3v) is 31.5. The second kappa shape index (κ2) is 10.8. The first kappa shape index (κ1) is 41.0. The van der Waals surface area contributed by atoms with Crippen LogP contribution in [-0.2, 0) is 22.0 Å². The molecule has 2 spiro atoms. The highest BCUT2D eigenvalue weighted by Gasteiger charge is 2.78. The second-order valence-corrected chi connectivity index (χ2v) is 33.5. The van der Waals surface area contributed by atoms with Crippen LogP contribution in [0.2, 0.25) is 0 Å². The smallest absolute Gasteiger partial charge is 0.324 e. The molecule has 5 nitrogen and oxygen atoms in total. The standard InChI is InChI=1S/C88H41N3O2/c1-2-3-4-7-12-21-17-19-22(20-18-21)83-87-79-71-63-53-43-35-27-25-26-29-33-31(27)39-47-41(33)51-45-37(29)38-30(26)34-32-28(25)36(35)44-50-40(32)48-42(34)52-46(38)56-55(45)65-59(51)69-61(47)67(57(63)49(39)43)73(79)77(69)81-75(65)76-66(56)60(52)70-62(48)68-58(50)64(54(44)53)72(71)80(87)74(68)78(70)82(76)88(81,87)84(90-83)85(92)91(24-15-10-6-11-16-24)86(93)89-23-13-8-5-9-14-23/h17-20,23-24,84H,2-16H2,1H3,(H,89,93). The molecule has 2 fully saturated rings. The lowest BCUT2D eigenvalue weighted by Crippen LogP contribution is -2.63. The zero-order chi connectivity index (χ0) is 57.5. The first-order valence-corrected chi connectivity index (χ1v) is 36.2. The van der Waals surface area contributed by atoms with E-state index in [2.05, 4.69) is 36.5 Å². The van der Waals surface area contributed by atoms with Crippen molar-refractivity contribution in [3.63, 3.8) is 0 Å². The summed E-state index contributed by atoms with van der Waals surface area (Å²) in [5, 5.41) is 87.4. The lowest BCUT2D eigenvalue weighted by molar-refractivity contribution is -0.133. The van der Waals surface area contributed by atoms with Crippen molar-refractivity contribution in [3.05, 3.63) is 57.6 Å². The molecule has 1 heterocycles. The molecule has 1 N–H and O–H groups in total. The number of nitrogens with zero attached hydrogens (tertiary/aromatic N) is 2. The van der Waals surface area contributed by atoms with Crippen molar-refractivity contribution in [2.24, 2.45) is 4.99 Å². The minimum absolute atomic E-state index is 0.0466. The van der Waals surface area contributed by atoms with E-state index in [0.29, 0.717) is 0 Å². The number of benzene rings is 19. The number of imide groups is 1. The van der Waals surface area contributed by atoms with Gasteiger partial charge in [-0.2, -0.15) is 0 Å². The summed E-state index contributed by atoms with van der Waals surface area (Å²) >= 11 is 0. The highest BCUT2D eigenvalue weighted by Crippen LogP contribution is 2.86. The van der Waals surface area contributed by atoms with Gasteiger partial charge in [0.15, 0.2) is 0 Å². The number of carbonyl (C=O) groups excluding carboxylic acids is 2. The van der Waals surface area contributed by atoms with E-state index < -0.39 is 16.9 Å². The maximum Gasteiger partial charge on any atom is 0.324 e. The Balaban J connectivity index is 0.885. The van der Waals surface area contributed by atoms with Crippen LogP contribution in [-0.4, -0.2) is 40.7 Å². The summed E-state index contributed by atoms with van der Waals surface area (Å²) in [6.45, 7) is 2.32. The number of aryl methyl sites for hydroxylation is 1. The Morgan fingerprint density at radius 2 is 0.677 bits per heavy atom. The first-order valence-electron chi connectivity index (χ1n) is 36.2. The van der Waals surface area contributed by atoms with Gasteiger partial charge in [-0.05, 0) is 363 Å². The molecule has 93 heavy (non-hydrogen) atoms. The molecule has 6 aliphatic carbocycles. The van der Waals surface area contributed by atoms with Crippen molar-refractivity contribution in [3.8, 4) is 0 Å². The number of rotatable bonds is 9. The first-order chi connectivity index (χ1) is 46.2. The third kappa shape index (κ3) is 2.80.